The highest BCUT2D eigenvalue weighted by Gasteiger charge is 2.03. The molecule has 0 saturated carbocycles. The van der Waals surface area contributed by atoms with Gasteiger partial charge in [-0.3, -0.25) is 4.99 Å². The molecular weight excluding hydrogens is 244 g/mol. The van der Waals surface area contributed by atoms with Crippen molar-refractivity contribution >= 4 is 16.9 Å². The molecule has 0 aliphatic rings. The Morgan fingerprint density at radius 3 is 2.83 bits per heavy atom. The minimum Gasteiger partial charge on any atom is -0.382 e. The van der Waals surface area contributed by atoms with Gasteiger partial charge in [0.05, 0.1) is 12.6 Å². The quantitative estimate of drug-likeness (QED) is 0.658. The Bertz CT molecular complexity index is 418. The van der Waals surface area contributed by atoms with Crippen LogP contribution in [0.25, 0.3) is 0 Å². The summed E-state index contributed by atoms with van der Waals surface area (Å²) in [5, 5.41) is 0.625. The lowest BCUT2D eigenvalue weighted by Gasteiger charge is -2.08. The summed E-state index contributed by atoms with van der Waals surface area (Å²) in [7, 11) is 1.67. The summed E-state index contributed by atoms with van der Waals surface area (Å²) in [5.74, 6) is 0.864. The molecule has 4 heteroatoms. The molecule has 0 saturated heterocycles. The number of aryl methyl sites for hydroxylation is 2. The number of thioether (sulfide) groups is 1. The van der Waals surface area contributed by atoms with Crippen molar-refractivity contribution in [1.82, 2.24) is 0 Å². The number of benzene rings is 1. The van der Waals surface area contributed by atoms with Crippen LogP contribution in [0.5, 0.6) is 0 Å². The number of nitrogens with zero attached hydrogens (tertiary/aromatic N) is 1. The van der Waals surface area contributed by atoms with Gasteiger partial charge in [-0.25, -0.2) is 0 Å². The van der Waals surface area contributed by atoms with Gasteiger partial charge in [-0.05, 0) is 31.9 Å². The van der Waals surface area contributed by atoms with Gasteiger partial charge in [0.1, 0.15) is 0 Å². The van der Waals surface area contributed by atoms with E-state index in [1.165, 1.54) is 16.7 Å². The van der Waals surface area contributed by atoms with Crippen molar-refractivity contribution in [2.45, 2.75) is 32.6 Å². The first-order chi connectivity index (χ1) is 8.52. The highest BCUT2D eigenvalue weighted by molar-refractivity contribution is 8.13. The normalized spacial score (nSPS) is 13.7. The second-order valence-corrected chi connectivity index (χ2v) is 5.49. The molecule has 0 amide bonds. The first-order valence-corrected chi connectivity index (χ1v) is 7.02. The molecular formula is C14H22N2OS. The van der Waals surface area contributed by atoms with Gasteiger partial charge in [-0.1, -0.05) is 35.5 Å². The van der Waals surface area contributed by atoms with E-state index in [2.05, 4.69) is 37.0 Å². The zero-order chi connectivity index (χ0) is 13.5. The maximum Gasteiger partial charge on any atom is 0.154 e. The lowest BCUT2D eigenvalue weighted by Crippen LogP contribution is -2.15. The molecule has 0 spiro atoms. The van der Waals surface area contributed by atoms with Gasteiger partial charge >= 0.3 is 0 Å². The van der Waals surface area contributed by atoms with Crippen molar-refractivity contribution in [2.75, 3.05) is 13.7 Å². The van der Waals surface area contributed by atoms with Crippen molar-refractivity contribution in [1.29, 1.82) is 0 Å². The number of amidine groups is 1. The largest absolute Gasteiger partial charge is 0.382 e. The molecule has 0 bridgehead atoms. The Balaban J connectivity index is 2.56. The smallest absolute Gasteiger partial charge is 0.154 e. The van der Waals surface area contributed by atoms with Crippen LogP contribution in [0, 0.1) is 13.8 Å². The van der Waals surface area contributed by atoms with Gasteiger partial charge in [0, 0.05) is 12.9 Å². The monoisotopic (exact) mass is 266 g/mol. The maximum absolute atomic E-state index is 5.90. The van der Waals surface area contributed by atoms with E-state index in [-0.39, 0.29) is 6.04 Å². The van der Waals surface area contributed by atoms with Gasteiger partial charge in [0.15, 0.2) is 5.17 Å². The molecule has 0 aliphatic heterocycles. The van der Waals surface area contributed by atoms with Gasteiger partial charge in [-0.2, -0.15) is 0 Å². The second kappa shape index (κ2) is 7.44. The molecule has 3 nitrogen and oxygen atoms in total. The summed E-state index contributed by atoms with van der Waals surface area (Å²) >= 11 is 1.58. The fraction of sp³-hybridized carbons (Fsp3) is 0.500. The van der Waals surface area contributed by atoms with Crippen LogP contribution < -0.4 is 5.73 Å². The van der Waals surface area contributed by atoms with Gasteiger partial charge in [-0.15, -0.1) is 0 Å². The van der Waals surface area contributed by atoms with Crippen LogP contribution in [-0.4, -0.2) is 24.9 Å². The third-order valence-electron chi connectivity index (χ3n) is 2.64. The van der Waals surface area contributed by atoms with Crippen molar-refractivity contribution in [2.24, 2.45) is 10.7 Å². The van der Waals surface area contributed by atoms with Crippen LogP contribution in [0.1, 0.15) is 23.6 Å². The van der Waals surface area contributed by atoms with E-state index in [0.29, 0.717) is 11.8 Å². The van der Waals surface area contributed by atoms with E-state index in [0.717, 1.165) is 5.75 Å². The van der Waals surface area contributed by atoms with Crippen LogP contribution in [0.3, 0.4) is 0 Å². The predicted molar refractivity (Wildman–Crippen MR) is 80.2 cm³/mol. The van der Waals surface area contributed by atoms with Crippen molar-refractivity contribution in [3.8, 4) is 0 Å². The molecule has 1 aromatic rings. The molecule has 1 atom stereocenters. The average molecular weight is 266 g/mol. The number of ether oxygens (including phenoxy) is 1. The summed E-state index contributed by atoms with van der Waals surface area (Å²) in [6, 6.07) is 6.59. The molecule has 0 aromatic heterocycles. The van der Waals surface area contributed by atoms with E-state index in [1.807, 2.05) is 6.92 Å². The van der Waals surface area contributed by atoms with Crippen LogP contribution in [0.2, 0.25) is 0 Å². The van der Waals surface area contributed by atoms with E-state index >= 15 is 0 Å². The van der Waals surface area contributed by atoms with Gasteiger partial charge in [0.25, 0.3) is 0 Å². The number of hydrogen-bond acceptors (Lipinski definition) is 3. The molecule has 2 N–H and O–H groups in total. The highest BCUT2D eigenvalue weighted by Crippen LogP contribution is 2.18. The number of hydrogen-bond donors (Lipinski definition) is 1. The maximum atomic E-state index is 5.90. The first-order valence-electron chi connectivity index (χ1n) is 6.04. The molecule has 1 aromatic carbocycles. The van der Waals surface area contributed by atoms with Gasteiger partial charge in [0.2, 0.25) is 0 Å². The lowest BCUT2D eigenvalue weighted by atomic mass is 10.1. The Morgan fingerprint density at radius 1 is 1.44 bits per heavy atom. The van der Waals surface area contributed by atoms with Crippen molar-refractivity contribution < 1.29 is 4.74 Å². The van der Waals surface area contributed by atoms with Crippen LogP contribution >= 0.6 is 11.8 Å². The number of aliphatic imine (C=N–C) groups is 1. The molecule has 18 heavy (non-hydrogen) atoms. The fourth-order valence-electron chi connectivity index (χ4n) is 1.64. The zero-order valence-electron chi connectivity index (χ0n) is 11.6. The zero-order valence-corrected chi connectivity index (χ0v) is 12.4. The van der Waals surface area contributed by atoms with Crippen molar-refractivity contribution in [3.63, 3.8) is 0 Å². The predicted octanol–water partition coefficient (Wildman–Crippen LogP) is 2.89. The fourth-order valence-corrected chi connectivity index (χ4v) is 2.51. The summed E-state index contributed by atoms with van der Waals surface area (Å²) < 4.78 is 5.03. The summed E-state index contributed by atoms with van der Waals surface area (Å²) in [6.45, 7) is 6.82. The van der Waals surface area contributed by atoms with Crippen LogP contribution in [-0.2, 0) is 10.5 Å². The summed E-state index contributed by atoms with van der Waals surface area (Å²) in [5.41, 5.74) is 9.79. The number of rotatable bonds is 5. The van der Waals surface area contributed by atoms with E-state index in [4.69, 9.17) is 10.5 Å². The Labute approximate surface area is 114 Å². The highest BCUT2D eigenvalue weighted by atomic mass is 32.2. The molecule has 0 aliphatic carbocycles. The topological polar surface area (TPSA) is 47.6 Å². The minimum atomic E-state index is 0.112. The Kier molecular flexibility index (Phi) is 6.22. The number of methoxy groups -OCH3 is 1. The standard InChI is InChI=1S/C14H22N2OS/c1-10-5-6-11(2)13(7-10)9-18-14(15)16-12(3)8-17-4/h5-7,12H,8-9H2,1-4H3,(H2,15,16). The van der Waals surface area contributed by atoms with Crippen molar-refractivity contribution in [3.05, 3.63) is 34.9 Å². The summed E-state index contributed by atoms with van der Waals surface area (Å²) in [6.07, 6.45) is 0. The SMILES string of the molecule is COCC(C)N=C(N)SCc1cc(C)ccc1C. The summed E-state index contributed by atoms with van der Waals surface area (Å²) in [4.78, 5) is 4.37. The lowest BCUT2D eigenvalue weighted by molar-refractivity contribution is 0.186. The molecule has 0 radical (unpaired) electrons. The van der Waals surface area contributed by atoms with Gasteiger partial charge < -0.3 is 10.5 Å². The molecule has 0 heterocycles. The van der Waals surface area contributed by atoms with Crippen LogP contribution in [0.15, 0.2) is 23.2 Å². The number of nitrogens with two attached hydrogens (primary N) is 1. The van der Waals surface area contributed by atoms with E-state index in [1.54, 1.807) is 18.9 Å². The van der Waals surface area contributed by atoms with E-state index in [9.17, 15) is 0 Å². The minimum absolute atomic E-state index is 0.112. The third-order valence-corrected chi connectivity index (χ3v) is 3.49. The Morgan fingerprint density at radius 2 is 2.17 bits per heavy atom. The first kappa shape index (κ1) is 15.1. The average Bonchev–Trinajstić information content (AvgIpc) is 2.30. The third kappa shape index (κ3) is 5.10. The molecule has 0 fully saturated rings. The molecule has 100 valence electrons. The molecule has 1 rings (SSSR count). The molecule has 1 unspecified atom stereocenters. The van der Waals surface area contributed by atoms with Crippen LogP contribution in [0.4, 0.5) is 0 Å². The second-order valence-electron chi connectivity index (χ2n) is 4.49. The Hall–Kier alpha value is -1.00. The van der Waals surface area contributed by atoms with E-state index < -0.39 is 0 Å².